The van der Waals surface area contributed by atoms with Crippen LogP contribution in [0.15, 0.2) is 36.4 Å². The van der Waals surface area contributed by atoms with Crippen molar-refractivity contribution in [2.45, 2.75) is 6.92 Å². The smallest absolute Gasteiger partial charge is 0.251 e. The largest absolute Gasteiger partial charge is 0.376 e. The van der Waals surface area contributed by atoms with Crippen LogP contribution in [-0.2, 0) is 4.79 Å². The summed E-state index contributed by atoms with van der Waals surface area (Å²) in [5.41, 5.74) is 4.17. The van der Waals surface area contributed by atoms with Crippen LogP contribution in [0.1, 0.15) is 15.9 Å². The number of benzene rings is 2. The molecule has 0 radical (unpaired) electrons. The van der Waals surface area contributed by atoms with Crippen molar-refractivity contribution in [3.05, 3.63) is 47.5 Å². The maximum atomic E-state index is 12.2. The van der Waals surface area contributed by atoms with Crippen LogP contribution < -0.4 is 16.0 Å². The Labute approximate surface area is 148 Å². The van der Waals surface area contributed by atoms with Gasteiger partial charge in [-0.05, 0) is 36.8 Å². The van der Waals surface area contributed by atoms with Crippen molar-refractivity contribution in [2.24, 2.45) is 0 Å². The number of amides is 2. The molecule has 0 spiro atoms. The van der Waals surface area contributed by atoms with Gasteiger partial charge in [-0.3, -0.25) is 9.59 Å². The van der Waals surface area contributed by atoms with Gasteiger partial charge in [-0.2, -0.15) is 8.75 Å². The molecule has 8 heteroatoms. The Hall–Kier alpha value is -3.00. The normalized spacial score (nSPS) is 10.5. The van der Waals surface area contributed by atoms with Gasteiger partial charge in [-0.1, -0.05) is 12.1 Å². The zero-order valence-electron chi connectivity index (χ0n) is 13.8. The molecule has 0 saturated heterocycles. The van der Waals surface area contributed by atoms with Gasteiger partial charge in [0.2, 0.25) is 5.91 Å². The molecule has 0 aliphatic heterocycles. The van der Waals surface area contributed by atoms with Crippen LogP contribution in [0.4, 0.5) is 11.4 Å². The quantitative estimate of drug-likeness (QED) is 0.653. The van der Waals surface area contributed by atoms with E-state index in [4.69, 9.17) is 0 Å². The maximum absolute atomic E-state index is 12.2. The third-order valence-corrected chi connectivity index (χ3v) is 4.35. The van der Waals surface area contributed by atoms with Gasteiger partial charge in [-0.25, -0.2) is 0 Å². The highest BCUT2D eigenvalue weighted by Gasteiger charge is 2.12. The van der Waals surface area contributed by atoms with E-state index in [2.05, 4.69) is 24.7 Å². The van der Waals surface area contributed by atoms with Crippen LogP contribution in [0.5, 0.6) is 0 Å². The summed E-state index contributed by atoms with van der Waals surface area (Å²) in [6.45, 7) is 1.92. The number of fused-ring (bicyclic) bond motifs is 1. The summed E-state index contributed by atoms with van der Waals surface area (Å²) in [5.74, 6) is -0.362. The maximum Gasteiger partial charge on any atom is 0.251 e. The molecule has 0 fully saturated rings. The third-order valence-electron chi connectivity index (χ3n) is 3.80. The lowest BCUT2D eigenvalue weighted by Crippen LogP contribution is -2.23. The van der Waals surface area contributed by atoms with Gasteiger partial charge in [0, 0.05) is 18.3 Å². The van der Waals surface area contributed by atoms with E-state index in [1.807, 2.05) is 25.1 Å². The fraction of sp³-hybridized carbons (Fsp3) is 0.176. The molecule has 0 unspecified atom stereocenters. The highest BCUT2D eigenvalue weighted by Crippen LogP contribution is 2.21. The number of aromatic nitrogens is 2. The van der Waals surface area contributed by atoms with Crippen LogP contribution in [0, 0.1) is 6.92 Å². The molecular formula is C17H17N5O2S. The van der Waals surface area contributed by atoms with Crippen molar-refractivity contribution in [3.63, 3.8) is 0 Å². The third kappa shape index (κ3) is 3.58. The van der Waals surface area contributed by atoms with E-state index in [-0.39, 0.29) is 18.4 Å². The molecule has 25 heavy (non-hydrogen) atoms. The molecule has 0 aliphatic rings. The minimum absolute atomic E-state index is 0.0754. The highest BCUT2D eigenvalue weighted by atomic mass is 32.1. The number of nitrogens with zero attached hydrogens (tertiary/aromatic N) is 2. The number of nitrogens with one attached hydrogen (secondary N) is 3. The number of rotatable bonds is 5. The first-order chi connectivity index (χ1) is 12.1. The van der Waals surface area contributed by atoms with E-state index in [1.165, 1.54) is 0 Å². The number of anilines is 2. The van der Waals surface area contributed by atoms with Crippen LogP contribution in [0.3, 0.4) is 0 Å². The molecule has 0 aliphatic carbocycles. The summed E-state index contributed by atoms with van der Waals surface area (Å²) in [5, 5.41) is 8.50. The average Bonchev–Trinajstić information content (AvgIpc) is 3.10. The lowest BCUT2D eigenvalue weighted by atomic mass is 10.1. The van der Waals surface area contributed by atoms with Gasteiger partial charge in [0.25, 0.3) is 5.91 Å². The molecule has 1 heterocycles. The summed E-state index contributed by atoms with van der Waals surface area (Å²) < 4.78 is 8.35. The molecule has 7 nitrogen and oxygen atoms in total. The Kier molecular flexibility index (Phi) is 4.90. The first-order valence-corrected chi connectivity index (χ1v) is 8.40. The lowest BCUT2D eigenvalue weighted by Gasteiger charge is -2.13. The van der Waals surface area contributed by atoms with Crippen LogP contribution in [0.25, 0.3) is 11.0 Å². The summed E-state index contributed by atoms with van der Waals surface area (Å²) in [6.07, 6.45) is 0. The predicted octanol–water partition coefficient (Wildman–Crippen LogP) is 2.41. The monoisotopic (exact) mass is 355 g/mol. The molecule has 3 aromatic rings. The first-order valence-electron chi connectivity index (χ1n) is 7.67. The van der Waals surface area contributed by atoms with E-state index in [0.717, 1.165) is 28.5 Å². The topological polar surface area (TPSA) is 96.0 Å². The van der Waals surface area contributed by atoms with Gasteiger partial charge < -0.3 is 16.0 Å². The van der Waals surface area contributed by atoms with Crippen molar-refractivity contribution in [1.82, 2.24) is 14.1 Å². The van der Waals surface area contributed by atoms with Crippen molar-refractivity contribution >= 4 is 46.0 Å². The van der Waals surface area contributed by atoms with Crippen molar-refractivity contribution in [2.75, 3.05) is 24.2 Å². The lowest BCUT2D eigenvalue weighted by molar-refractivity contribution is -0.114. The van der Waals surface area contributed by atoms with Crippen molar-refractivity contribution in [3.8, 4) is 0 Å². The van der Waals surface area contributed by atoms with E-state index >= 15 is 0 Å². The Morgan fingerprint density at radius 3 is 2.64 bits per heavy atom. The van der Waals surface area contributed by atoms with E-state index < -0.39 is 0 Å². The second kappa shape index (κ2) is 7.27. The van der Waals surface area contributed by atoms with Crippen LogP contribution in [0.2, 0.25) is 0 Å². The van der Waals surface area contributed by atoms with Crippen molar-refractivity contribution in [1.29, 1.82) is 0 Å². The molecule has 1 aromatic heterocycles. The number of hydrogen-bond donors (Lipinski definition) is 3. The Morgan fingerprint density at radius 2 is 1.84 bits per heavy atom. The van der Waals surface area contributed by atoms with Gasteiger partial charge in [0.15, 0.2) is 0 Å². The molecule has 3 N–H and O–H groups in total. The summed E-state index contributed by atoms with van der Waals surface area (Å²) in [7, 11) is 1.59. The minimum Gasteiger partial charge on any atom is -0.376 e. The molecular weight excluding hydrogens is 338 g/mol. The summed E-state index contributed by atoms with van der Waals surface area (Å²) >= 11 is 1.11. The van der Waals surface area contributed by atoms with E-state index in [9.17, 15) is 9.59 Å². The predicted molar refractivity (Wildman–Crippen MR) is 99.1 cm³/mol. The Morgan fingerprint density at radius 1 is 1.08 bits per heavy atom. The second-order valence-electron chi connectivity index (χ2n) is 5.40. The molecule has 3 rings (SSSR count). The fourth-order valence-electron chi connectivity index (χ4n) is 2.48. The van der Waals surface area contributed by atoms with Gasteiger partial charge >= 0.3 is 0 Å². The molecule has 2 amide bonds. The Balaban J connectivity index is 1.69. The zero-order chi connectivity index (χ0) is 17.8. The summed E-state index contributed by atoms with van der Waals surface area (Å²) in [6, 6.07) is 10.8. The SMILES string of the molecule is CNC(=O)c1cccc(NCC(=O)Nc2cccc3nsnc23)c1C. The molecule has 0 saturated carbocycles. The molecule has 0 bridgehead atoms. The van der Waals surface area contributed by atoms with E-state index in [0.29, 0.717) is 16.8 Å². The first kappa shape index (κ1) is 16.8. The van der Waals surface area contributed by atoms with Crippen LogP contribution in [-0.4, -0.2) is 34.2 Å². The van der Waals surface area contributed by atoms with Crippen molar-refractivity contribution < 1.29 is 9.59 Å². The van der Waals surface area contributed by atoms with Gasteiger partial charge in [0.1, 0.15) is 11.0 Å². The zero-order valence-corrected chi connectivity index (χ0v) is 14.6. The fourth-order valence-corrected chi connectivity index (χ4v) is 3.03. The number of carbonyl (C=O) groups is 2. The average molecular weight is 355 g/mol. The van der Waals surface area contributed by atoms with Gasteiger partial charge in [-0.15, -0.1) is 0 Å². The minimum atomic E-state index is -0.203. The standard InChI is InChI=1S/C17H17N5O2S/c1-10-11(17(24)18-2)5-3-6-12(10)19-9-15(23)20-13-7-4-8-14-16(13)22-25-21-14/h3-8,19H,9H2,1-2H3,(H,18,24)(H,20,23). The Bertz CT molecular complexity index is 938. The second-order valence-corrected chi connectivity index (χ2v) is 5.92. The summed E-state index contributed by atoms with van der Waals surface area (Å²) in [4.78, 5) is 24.1. The van der Waals surface area contributed by atoms with Crippen LogP contribution >= 0.6 is 11.7 Å². The number of hydrogen-bond acceptors (Lipinski definition) is 6. The highest BCUT2D eigenvalue weighted by molar-refractivity contribution is 7.00. The van der Waals surface area contributed by atoms with Gasteiger partial charge in [0.05, 0.1) is 24.0 Å². The number of carbonyl (C=O) groups excluding carboxylic acids is 2. The molecule has 2 aromatic carbocycles. The van der Waals surface area contributed by atoms with E-state index in [1.54, 1.807) is 25.2 Å². The molecule has 0 atom stereocenters. The molecule has 128 valence electrons.